The molecule has 1 rings (SSSR count). The molecule has 202 valence electrons. The molecule has 2 atom stereocenters. The molecule has 0 bridgehead atoms. The Morgan fingerprint density at radius 1 is 1.06 bits per heavy atom. The third kappa shape index (κ3) is 12.0. The zero-order chi connectivity index (χ0) is 27.1. The minimum absolute atomic E-state index is 0.0389. The number of hydrogen-bond donors (Lipinski definition) is 6. The molecular formula is C20H31FN6O9. The van der Waals surface area contributed by atoms with E-state index in [2.05, 4.69) is 15.6 Å². The van der Waals surface area contributed by atoms with E-state index in [9.17, 15) is 38.7 Å². The molecule has 3 amide bonds. The van der Waals surface area contributed by atoms with E-state index in [1.54, 1.807) is 6.20 Å². The number of carbonyl (C=O) groups excluding carboxylic acids is 2. The summed E-state index contributed by atoms with van der Waals surface area (Å²) >= 11 is 0. The molecule has 0 aromatic carbocycles. The summed E-state index contributed by atoms with van der Waals surface area (Å²) in [5.41, 5.74) is 0.575. The Morgan fingerprint density at radius 3 is 2.39 bits per heavy atom. The number of hydroxylamine groups is 2. The summed E-state index contributed by atoms with van der Waals surface area (Å²) in [6.45, 7) is -0.949. The van der Waals surface area contributed by atoms with Gasteiger partial charge in [-0.05, 0) is 32.1 Å². The molecule has 16 heteroatoms. The van der Waals surface area contributed by atoms with Gasteiger partial charge in [0.05, 0.1) is 24.8 Å². The van der Waals surface area contributed by atoms with Crippen LogP contribution in [-0.4, -0.2) is 96.2 Å². The van der Waals surface area contributed by atoms with Crippen LogP contribution in [0.4, 0.5) is 9.18 Å². The smallest absolute Gasteiger partial charge is 0.341 e. The lowest BCUT2D eigenvalue weighted by Crippen LogP contribution is -2.48. The monoisotopic (exact) mass is 518 g/mol. The van der Waals surface area contributed by atoms with E-state index < -0.39 is 62.0 Å². The number of nitrogens with one attached hydrogen (secondary N) is 2. The highest BCUT2D eigenvalue weighted by Crippen LogP contribution is 2.11. The molecule has 0 radical (unpaired) electrons. The number of aromatic nitrogens is 3. The third-order valence-electron chi connectivity index (χ3n) is 4.98. The van der Waals surface area contributed by atoms with Crippen molar-refractivity contribution >= 4 is 29.8 Å². The highest BCUT2D eigenvalue weighted by Gasteiger charge is 2.27. The summed E-state index contributed by atoms with van der Waals surface area (Å²) in [6, 6.07) is -2.85. The van der Waals surface area contributed by atoms with Gasteiger partial charge in [-0.15, -0.1) is 5.10 Å². The maximum atomic E-state index is 12.2. The largest absolute Gasteiger partial charge is 0.481 e. The van der Waals surface area contributed by atoms with Crippen molar-refractivity contribution in [3.05, 3.63) is 11.9 Å². The quantitative estimate of drug-likeness (QED) is 0.0853. The van der Waals surface area contributed by atoms with Crippen molar-refractivity contribution in [2.45, 2.75) is 57.5 Å². The molecule has 0 saturated heterocycles. The van der Waals surface area contributed by atoms with Gasteiger partial charge in [-0.2, -0.15) is 0 Å². The van der Waals surface area contributed by atoms with E-state index in [0.717, 1.165) is 0 Å². The van der Waals surface area contributed by atoms with Gasteiger partial charge in [0.15, 0.2) is 0 Å². The second-order valence-corrected chi connectivity index (χ2v) is 7.94. The molecule has 0 saturated carbocycles. The maximum Gasteiger partial charge on any atom is 0.341 e. The van der Waals surface area contributed by atoms with Crippen LogP contribution in [0.15, 0.2) is 6.20 Å². The molecule has 36 heavy (non-hydrogen) atoms. The number of halogens is 1. The molecule has 15 nitrogen and oxygen atoms in total. The predicted octanol–water partition coefficient (Wildman–Crippen LogP) is -0.114. The summed E-state index contributed by atoms with van der Waals surface area (Å²) in [7, 11) is 0. The summed E-state index contributed by atoms with van der Waals surface area (Å²) in [5.74, 6) is -5.58. The van der Waals surface area contributed by atoms with Gasteiger partial charge in [0.1, 0.15) is 12.6 Å². The van der Waals surface area contributed by atoms with Crippen molar-refractivity contribution in [3.63, 3.8) is 0 Å². The lowest BCUT2D eigenvalue weighted by Gasteiger charge is -2.22. The van der Waals surface area contributed by atoms with Crippen molar-refractivity contribution in [2.24, 2.45) is 5.92 Å². The third-order valence-corrected chi connectivity index (χ3v) is 4.98. The molecule has 1 aromatic heterocycles. The SMILES string of the molecule is O=C(O)CCC(NC(=O)N(O)CC(CCCCNC(=O)Cn1cc(CCCF)nn1)C(=O)O)C(=O)O. The van der Waals surface area contributed by atoms with Crippen LogP contribution in [-0.2, 0) is 32.1 Å². The van der Waals surface area contributed by atoms with Crippen molar-refractivity contribution in [1.29, 1.82) is 0 Å². The Balaban J connectivity index is 2.38. The average molecular weight is 518 g/mol. The van der Waals surface area contributed by atoms with Gasteiger partial charge in [-0.3, -0.25) is 24.0 Å². The molecule has 0 spiro atoms. The second kappa shape index (κ2) is 16.0. The number of carboxylic acid groups (broad SMARTS) is 3. The predicted molar refractivity (Wildman–Crippen MR) is 118 cm³/mol. The maximum absolute atomic E-state index is 12.2. The Bertz CT molecular complexity index is 897. The molecule has 1 aromatic rings. The molecule has 1 heterocycles. The first-order valence-electron chi connectivity index (χ1n) is 11.2. The zero-order valence-electron chi connectivity index (χ0n) is 19.5. The van der Waals surface area contributed by atoms with E-state index >= 15 is 0 Å². The number of urea groups is 1. The van der Waals surface area contributed by atoms with Gasteiger partial charge in [-0.25, -0.2) is 19.3 Å². The first-order chi connectivity index (χ1) is 17.0. The Kier molecular flexibility index (Phi) is 13.4. The number of hydrogen-bond acceptors (Lipinski definition) is 8. The van der Waals surface area contributed by atoms with Crippen LogP contribution in [0.25, 0.3) is 0 Å². The summed E-state index contributed by atoms with van der Waals surface area (Å²) in [6.07, 6.45) is 2.12. The van der Waals surface area contributed by atoms with E-state index in [4.69, 9.17) is 10.2 Å². The van der Waals surface area contributed by atoms with Crippen molar-refractivity contribution in [1.82, 2.24) is 30.7 Å². The van der Waals surface area contributed by atoms with Crippen LogP contribution in [0.1, 0.15) is 44.2 Å². The van der Waals surface area contributed by atoms with Gasteiger partial charge in [0.2, 0.25) is 5.91 Å². The number of nitrogens with zero attached hydrogens (tertiary/aromatic N) is 4. The number of aliphatic carboxylic acids is 3. The van der Waals surface area contributed by atoms with E-state index in [1.165, 1.54) is 4.68 Å². The average Bonchev–Trinajstić information content (AvgIpc) is 3.25. The number of carboxylic acids is 3. The van der Waals surface area contributed by atoms with Crippen molar-refractivity contribution in [2.75, 3.05) is 19.8 Å². The number of carbonyl (C=O) groups is 5. The lowest BCUT2D eigenvalue weighted by atomic mass is 10.0. The highest BCUT2D eigenvalue weighted by atomic mass is 19.1. The van der Waals surface area contributed by atoms with Crippen LogP contribution in [0.5, 0.6) is 0 Å². The van der Waals surface area contributed by atoms with Crippen LogP contribution in [0, 0.1) is 5.92 Å². The number of amides is 3. The fourth-order valence-electron chi connectivity index (χ4n) is 3.06. The van der Waals surface area contributed by atoms with Gasteiger partial charge < -0.3 is 26.0 Å². The van der Waals surface area contributed by atoms with Crippen LogP contribution >= 0.6 is 0 Å². The molecule has 0 aliphatic heterocycles. The normalized spacial score (nSPS) is 12.4. The topological polar surface area (TPSA) is 224 Å². The van der Waals surface area contributed by atoms with Crippen molar-refractivity contribution in [3.8, 4) is 0 Å². The molecule has 2 unspecified atom stereocenters. The molecule has 0 aliphatic carbocycles. The van der Waals surface area contributed by atoms with Gasteiger partial charge in [0.25, 0.3) is 0 Å². The molecular weight excluding hydrogens is 487 g/mol. The highest BCUT2D eigenvalue weighted by molar-refractivity contribution is 5.83. The summed E-state index contributed by atoms with van der Waals surface area (Å²) < 4.78 is 13.5. The summed E-state index contributed by atoms with van der Waals surface area (Å²) in [4.78, 5) is 57.2. The minimum atomic E-state index is -1.57. The van der Waals surface area contributed by atoms with Crippen LogP contribution in [0.3, 0.4) is 0 Å². The molecule has 6 N–H and O–H groups in total. The molecule has 0 aliphatic rings. The summed E-state index contributed by atoms with van der Waals surface area (Å²) in [5, 5.41) is 49.2. The van der Waals surface area contributed by atoms with Crippen molar-refractivity contribution < 1.29 is 48.9 Å². The van der Waals surface area contributed by atoms with E-state index in [0.29, 0.717) is 31.4 Å². The number of alkyl halides is 1. The van der Waals surface area contributed by atoms with Gasteiger partial charge in [0, 0.05) is 19.2 Å². The second-order valence-electron chi connectivity index (χ2n) is 7.94. The zero-order valence-corrected chi connectivity index (χ0v) is 19.5. The van der Waals surface area contributed by atoms with Gasteiger partial charge in [-0.1, -0.05) is 11.6 Å². The Morgan fingerprint density at radius 2 is 1.78 bits per heavy atom. The van der Waals surface area contributed by atoms with Crippen LogP contribution < -0.4 is 10.6 Å². The minimum Gasteiger partial charge on any atom is -0.481 e. The first kappa shape index (κ1) is 30.2. The van der Waals surface area contributed by atoms with Crippen LogP contribution in [0.2, 0.25) is 0 Å². The fraction of sp³-hybridized carbons (Fsp3) is 0.650. The Labute approximate surface area is 205 Å². The fourth-order valence-corrected chi connectivity index (χ4v) is 3.06. The lowest BCUT2D eigenvalue weighted by molar-refractivity contribution is -0.147. The van der Waals surface area contributed by atoms with E-state index in [1.807, 2.05) is 5.32 Å². The van der Waals surface area contributed by atoms with E-state index in [-0.39, 0.29) is 30.5 Å². The van der Waals surface area contributed by atoms with Gasteiger partial charge >= 0.3 is 23.9 Å². The number of unbranched alkanes of at least 4 members (excludes halogenated alkanes) is 1. The standard InChI is InChI=1S/C20H31FN6O9/c21-8-3-5-14-11-26(25-24-14)12-16(28)22-9-2-1-4-13(18(31)32)10-27(36)20(35)23-15(19(33)34)6-7-17(29)30/h11,13,15,36H,1-10,12H2,(H,22,28)(H,23,35)(H,29,30)(H,31,32)(H,33,34). The first-order valence-corrected chi connectivity index (χ1v) is 11.2. The number of aryl methyl sites for hydroxylation is 1. The number of rotatable bonds is 18. The Hall–Kier alpha value is -3.82. The molecule has 0 fully saturated rings.